The molecule has 0 radical (unpaired) electrons. The van der Waals surface area contributed by atoms with E-state index in [1.54, 1.807) is 6.08 Å². The lowest BCUT2D eigenvalue weighted by atomic mass is 10.0. The minimum absolute atomic E-state index is 0.114. The molecule has 0 aliphatic heterocycles. The quantitative estimate of drug-likeness (QED) is 0.572. The molecule has 26 heavy (non-hydrogen) atoms. The number of pyridine rings is 1. The van der Waals surface area contributed by atoms with Crippen molar-refractivity contribution < 1.29 is 14.3 Å². The number of amides is 1. The molecule has 0 spiro atoms. The van der Waals surface area contributed by atoms with Crippen LogP contribution in [-0.2, 0) is 14.3 Å². The Labute approximate surface area is 151 Å². The zero-order chi connectivity index (χ0) is 18.5. The highest BCUT2D eigenvalue weighted by atomic mass is 16.5. The Morgan fingerprint density at radius 1 is 1.08 bits per heavy atom. The van der Waals surface area contributed by atoms with Crippen molar-refractivity contribution in [2.24, 2.45) is 0 Å². The van der Waals surface area contributed by atoms with E-state index in [9.17, 15) is 9.59 Å². The van der Waals surface area contributed by atoms with Crippen LogP contribution in [0.2, 0.25) is 0 Å². The van der Waals surface area contributed by atoms with Crippen molar-refractivity contribution in [3.63, 3.8) is 0 Å². The number of carbonyl (C=O) groups is 2. The summed E-state index contributed by atoms with van der Waals surface area (Å²) in [4.78, 5) is 27.3. The second-order valence-electron chi connectivity index (χ2n) is 5.73. The fraction of sp³-hybridized carbons (Fsp3) is 0.0952. The first-order valence-electron chi connectivity index (χ1n) is 8.10. The van der Waals surface area contributed by atoms with Crippen molar-refractivity contribution in [2.75, 3.05) is 12.4 Å². The van der Waals surface area contributed by atoms with Crippen LogP contribution in [0.25, 0.3) is 28.2 Å². The predicted octanol–water partition coefficient (Wildman–Crippen LogP) is 4.05. The molecule has 0 saturated heterocycles. The van der Waals surface area contributed by atoms with E-state index in [-0.39, 0.29) is 5.91 Å². The fourth-order valence-electron chi connectivity index (χ4n) is 2.64. The molecule has 3 rings (SSSR count). The van der Waals surface area contributed by atoms with E-state index >= 15 is 0 Å². The molecular formula is C21H18N2O3. The summed E-state index contributed by atoms with van der Waals surface area (Å²) in [7, 11) is 1.35. The summed E-state index contributed by atoms with van der Waals surface area (Å²) < 4.78 is 4.67. The van der Waals surface area contributed by atoms with Gasteiger partial charge in [0.15, 0.2) is 0 Å². The molecule has 0 atom stereocenters. The van der Waals surface area contributed by atoms with E-state index in [0.717, 1.165) is 33.4 Å². The molecule has 5 heteroatoms. The zero-order valence-corrected chi connectivity index (χ0v) is 14.5. The van der Waals surface area contributed by atoms with Crippen LogP contribution in [0.15, 0.2) is 60.7 Å². The summed E-state index contributed by atoms with van der Waals surface area (Å²) in [5, 5.41) is 3.69. The predicted molar refractivity (Wildman–Crippen MR) is 103 cm³/mol. The SMILES string of the molecule is COC(=O)/C=C/c1cc(-c2ccc(NC(C)=O)cc2)nc2ccccc12. The van der Waals surface area contributed by atoms with Crippen molar-refractivity contribution in [3.05, 3.63) is 66.2 Å². The number of nitrogens with one attached hydrogen (secondary N) is 1. The highest BCUT2D eigenvalue weighted by Crippen LogP contribution is 2.26. The molecule has 1 N–H and O–H groups in total. The maximum absolute atomic E-state index is 11.4. The summed E-state index contributed by atoms with van der Waals surface area (Å²) in [6.07, 6.45) is 3.12. The molecule has 0 fully saturated rings. The van der Waals surface area contributed by atoms with Crippen molar-refractivity contribution in [3.8, 4) is 11.3 Å². The monoisotopic (exact) mass is 346 g/mol. The van der Waals surface area contributed by atoms with Crippen molar-refractivity contribution in [1.29, 1.82) is 0 Å². The minimum atomic E-state index is -0.410. The second kappa shape index (κ2) is 7.61. The van der Waals surface area contributed by atoms with Gasteiger partial charge in [-0.2, -0.15) is 0 Å². The summed E-state index contributed by atoms with van der Waals surface area (Å²) in [5.41, 5.74) is 4.13. The van der Waals surface area contributed by atoms with Crippen LogP contribution in [0, 0.1) is 0 Å². The van der Waals surface area contributed by atoms with E-state index in [0.29, 0.717) is 0 Å². The molecular weight excluding hydrogens is 328 g/mol. The Kier molecular flexibility index (Phi) is 5.08. The average molecular weight is 346 g/mol. The number of ether oxygens (including phenoxy) is 1. The van der Waals surface area contributed by atoms with E-state index in [2.05, 4.69) is 10.1 Å². The van der Waals surface area contributed by atoms with Gasteiger partial charge in [-0.3, -0.25) is 4.79 Å². The lowest BCUT2D eigenvalue weighted by molar-refractivity contribution is -0.134. The van der Waals surface area contributed by atoms with Gasteiger partial charge in [-0.05, 0) is 35.9 Å². The number of para-hydroxylation sites is 1. The van der Waals surface area contributed by atoms with Crippen molar-refractivity contribution in [2.45, 2.75) is 6.92 Å². The van der Waals surface area contributed by atoms with Gasteiger partial charge in [0.1, 0.15) is 0 Å². The van der Waals surface area contributed by atoms with Gasteiger partial charge in [-0.1, -0.05) is 30.3 Å². The minimum Gasteiger partial charge on any atom is -0.466 e. The molecule has 1 heterocycles. The third-order valence-corrected chi connectivity index (χ3v) is 3.85. The lowest BCUT2D eigenvalue weighted by Crippen LogP contribution is -2.05. The smallest absolute Gasteiger partial charge is 0.330 e. The average Bonchev–Trinajstić information content (AvgIpc) is 2.65. The fourth-order valence-corrected chi connectivity index (χ4v) is 2.64. The van der Waals surface area contributed by atoms with E-state index in [4.69, 9.17) is 4.98 Å². The molecule has 130 valence electrons. The van der Waals surface area contributed by atoms with E-state index in [1.807, 2.05) is 54.6 Å². The molecule has 0 aliphatic carbocycles. The molecule has 1 amide bonds. The van der Waals surface area contributed by atoms with Crippen LogP contribution < -0.4 is 5.32 Å². The van der Waals surface area contributed by atoms with Crippen molar-refractivity contribution >= 4 is 34.5 Å². The summed E-state index contributed by atoms with van der Waals surface area (Å²) in [5.74, 6) is -0.524. The van der Waals surface area contributed by atoms with Crippen LogP contribution in [0.3, 0.4) is 0 Å². The number of hydrogen-bond donors (Lipinski definition) is 1. The number of nitrogens with zero attached hydrogens (tertiary/aromatic N) is 1. The number of anilines is 1. The number of fused-ring (bicyclic) bond motifs is 1. The lowest BCUT2D eigenvalue weighted by Gasteiger charge is -2.08. The first kappa shape index (κ1) is 17.4. The van der Waals surface area contributed by atoms with Gasteiger partial charge >= 0.3 is 5.97 Å². The Morgan fingerprint density at radius 3 is 2.50 bits per heavy atom. The first-order chi connectivity index (χ1) is 12.6. The molecule has 0 bridgehead atoms. The van der Waals surface area contributed by atoms with Crippen LogP contribution in [0.5, 0.6) is 0 Å². The van der Waals surface area contributed by atoms with Gasteiger partial charge in [0, 0.05) is 29.6 Å². The molecule has 0 aliphatic rings. The normalized spacial score (nSPS) is 10.8. The number of esters is 1. The Bertz CT molecular complexity index is 992. The number of benzene rings is 2. The van der Waals surface area contributed by atoms with Gasteiger partial charge in [0.2, 0.25) is 5.91 Å². The first-order valence-corrected chi connectivity index (χ1v) is 8.10. The summed E-state index contributed by atoms with van der Waals surface area (Å²) in [6, 6.07) is 17.1. The van der Waals surface area contributed by atoms with Gasteiger partial charge < -0.3 is 10.1 Å². The van der Waals surface area contributed by atoms with E-state index in [1.165, 1.54) is 20.1 Å². The van der Waals surface area contributed by atoms with Crippen molar-refractivity contribution in [1.82, 2.24) is 4.98 Å². The molecule has 0 unspecified atom stereocenters. The van der Waals surface area contributed by atoms with Gasteiger partial charge in [-0.15, -0.1) is 0 Å². The van der Waals surface area contributed by atoms with Crippen LogP contribution in [0.1, 0.15) is 12.5 Å². The molecule has 3 aromatic rings. The van der Waals surface area contributed by atoms with Gasteiger partial charge in [0.05, 0.1) is 18.3 Å². The summed E-state index contributed by atoms with van der Waals surface area (Å²) >= 11 is 0. The zero-order valence-electron chi connectivity index (χ0n) is 14.5. The third-order valence-electron chi connectivity index (χ3n) is 3.85. The molecule has 1 aromatic heterocycles. The number of methoxy groups -OCH3 is 1. The number of hydrogen-bond acceptors (Lipinski definition) is 4. The van der Waals surface area contributed by atoms with Crippen LogP contribution in [0.4, 0.5) is 5.69 Å². The maximum Gasteiger partial charge on any atom is 0.330 e. The number of rotatable bonds is 4. The molecule has 5 nitrogen and oxygen atoms in total. The third kappa shape index (κ3) is 3.95. The van der Waals surface area contributed by atoms with E-state index < -0.39 is 5.97 Å². The summed E-state index contributed by atoms with van der Waals surface area (Å²) in [6.45, 7) is 1.47. The topological polar surface area (TPSA) is 68.3 Å². The highest BCUT2D eigenvalue weighted by molar-refractivity contribution is 5.95. The van der Waals surface area contributed by atoms with Gasteiger partial charge in [0.25, 0.3) is 0 Å². The van der Waals surface area contributed by atoms with Crippen LogP contribution >= 0.6 is 0 Å². The van der Waals surface area contributed by atoms with Crippen LogP contribution in [-0.4, -0.2) is 24.0 Å². The Hall–Kier alpha value is -3.47. The van der Waals surface area contributed by atoms with Gasteiger partial charge in [-0.25, -0.2) is 9.78 Å². The second-order valence-corrected chi connectivity index (χ2v) is 5.73. The largest absolute Gasteiger partial charge is 0.466 e. The standard InChI is InChI=1S/C21H18N2O3/c1-14(24)22-17-10-7-15(8-11-17)20-13-16(9-12-21(25)26-2)18-5-3-4-6-19(18)23-20/h3-13H,1-2H3,(H,22,24)/b12-9+. The Balaban J connectivity index is 2.04. The maximum atomic E-state index is 11.4. The Morgan fingerprint density at radius 2 is 1.81 bits per heavy atom. The number of carbonyl (C=O) groups excluding carboxylic acids is 2. The highest BCUT2D eigenvalue weighted by Gasteiger charge is 2.07. The molecule has 2 aromatic carbocycles. The number of aromatic nitrogens is 1. The molecule has 0 saturated carbocycles.